The van der Waals surface area contributed by atoms with Gasteiger partial charge in [-0.25, -0.2) is 9.59 Å². The van der Waals surface area contributed by atoms with Crippen LogP contribution in [0.2, 0.25) is 0 Å². The topological polar surface area (TPSA) is 64.2 Å². The Labute approximate surface area is 109 Å². The van der Waals surface area contributed by atoms with Crippen LogP contribution in [0.3, 0.4) is 0 Å². The van der Waals surface area contributed by atoms with Gasteiger partial charge in [0, 0.05) is 13.1 Å². The third-order valence-corrected chi connectivity index (χ3v) is 2.89. The maximum Gasteiger partial charge on any atom is 0.335 e. The molecule has 0 fully saturated rings. The predicted molar refractivity (Wildman–Crippen MR) is 73.6 cm³/mol. The van der Waals surface area contributed by atoms with E-state index in [-0.39, 0.29) is 11.3 Å². The Balaban J connectivity index is 2.81. The number of imidazole rings is 1. The first-order chi connectivity index (χ1) is 9.10. The van der Waals surface area contributed by atoms with E-state index in [9.17, 15) is 9.59 Å². The van der Waals surface area contributed by atoms with Gasteiger partial charge in [0.15, 0.2) is 0 Å². The van der Waals surface area contributed by atoms with Crippen LogP contribution < -0.4 is 5.69 Å². The van der Waals surface area contributed by atoms with Gasteiger partial charge in [0.25, 0.3) is 0 Å². The Morgan fingerprint density at radius 2 is 1.74 bits per heavy atom. The summed E-state index contributed by atoms with van der Waals surface area (Å²) in [5, 5.41) is 9.01. The molecule has 0 saturated heterocycles. The van der Waals surface area contributed by atoms with Crippen molar-refractivity contribution in [2.45, 2.75) is 13.1 Å². The normalized spacial score (nSPS) is 10.5. The van der Waals surface area contributed by atoms with Crippen LogP contribution in [0.4, 0.5) is 0 Å². The number of hydrogen-bond donors (Lipinski definition) is 1. The van der Waals surface area contributed by atoms with Gasteiger partial charge in [0.2, 0.25) is 0 Å². The van der Waals surface area contributed by atoms with Crippen LogP contribution in [0.5, 0.6) is 0 Å². The molecule has 0 unspecified atom stereocenters. The second kappa shape index (κ2) is 4.97. The van der Waals surface area contributed by atoms with Crippen molar-refractivity contribution in [1.82, 2.24) is 9.13 Å². The van der Waals surface area contributed by atoms with Crippen molar-refractivity contribution in [3.8, 4) is 0 Å². The summed E-state index contributed by atoms with van der Waals surface area (Å²) in [4.78, 5) is 23.2. The average molecular weight is 258 g/mol. The quantitative estimate of drug-likeness (QED) is 0.833. The van der Waals surface area contributed by atoms with Gasteiger partial charge in [-0.3, -0.25) is 9.13 Å². The zero-order valence-electron chi connectivity index (χ0n) is 10.4. The maximum absolute atomic E-state index is 12.2. The van der Waals surface area contributed by atoms with Crippen LogP contribution in [-0.2, 0) is 13.1 Å². The van der Waals surface area contributed by atoms with Gasteiger partial charge >= 0.3 is 11.7 Å². The highest BCUT2D eigenvalue weighted by molar-refractivity contribution is 5.92. The van der Waals surface area contributed by atoms with Gasteiger partial charge in [-0.2, -0.15) is 0 Å². The van der Waals surface area contributed by atoms with E-state index in [4.69, 9.17) is 5.11 Å². The molecule has 0 radical (unpaired) electrons. The fraction of sp³-hybridized carbons (Fsp3) is 0.143. The molecule has 2 rings (SSSR count). The molecular formula is C14H14N2O3. The molecule has 0 saturated carbocycles. The predicted octanol–water partition coefficient (Wildman–Crippen LogP) is 1.87. The molecule has 1 aromatic carbocycles. The lowest BCUT2D eigenvalue weighted by atomic mass is 10.2. The first-order valence-corrected chi connectivity index (χ1v) is 5.78. The summed E-state index contributed by atoms with van der Waals surface area (Å²) < 4.78 is 3.05. The molecule has 0 spiro atoms. The number of aromatic carboxylic acids is 1. The van der Waals surface area contributed by atoms with E-state index >= 15 is 0 Å². The average Bonchev–Trinajstić information content (AvgIpc) is 2.64. The van der Waals surface area contributed by atoms with Gasteiger partial charge in [-0.1, -0.05) is 12.2 Å². The Morgan fingerprint density at radius 1 is 1.16 bits per heavy atom. The second-order valence-corrected chi connectivity index (χ2v) is 4.09. The summed E-state index contributed by atoms with van der Waals surface area (Å²) in [6.07, 6.45) is 3.23. The standard InChI is InChI=1S/C14H14N2O3/c1-3-7-15-11-6-5-10(13(17)18)9-12(11)16(8-4-2)14(15)19/h3-6,9H,1-2,7-8H2,(H,17,18). The monoisotopic (exact) mass is 258 g/mol. The third kappa shape index (κ3) is 2.10. The SMILES string of the molecule is C=CCn1c(=O)n(CC=C)c2cc(C(=O)O)ccc21. The number of benzene rings is 1. The van der Waals surface area contributed by atoms with Crippen LogP contribution in [0.15, 0.2) is 48.3 Å². The maximum atomic E-state index is 12.2. The molecule has 5 nitrogen and oxygen atoms in total. The molecular weight excluding hydrogens is 244 g/mol. The molecule has 0 aliphatic heterocycles. The Bertz CT molecular complexity index is 722. The first kappa shape index (κ1) is 12.9. The highest BCUT2D eigenvalue weighted by Crippen LogP contribution is 2.16. The number of carboxylic acids is 1. The van der Waals surface area contributed by atoms with E-state index in [1.807, 2.05) is 0 Å². The Kier molecular flexibility index (Phi) is 3.37. The van der Waals surface area contributed by atoms with Crippen LogP contribution in [0.25, 0.3) is 11.0 Å². The number of carbonyl (C=O) groups is 1. The van der Waals surface area contributed by atoms with Crippen molar-refractivity contribution in [3.05, 3.63) is 59.6 Å². The fourth-order valence-corrected chi connectivity index (χ4v) is 2.06. The summed E-state index contributed by atoms with van der Waals surface area (Å²) in [6, 6.07) is 4.63. The lowest BCUT2D eigenvalue weighted by Crippen LogP contribution is -2.23. The smallest absolute Gasteiger partial charge is 0.335 e. The van der Waals surface area contributed by atoms with Crippen LogP contribution in [-0.4, -0.2) is 20.2 Å². The Morgan fingerprint density at radius 3 is 2.26 bits per heavy atom. The molecule has 1 heterocycles. The molecule has 1 aromatic heterocycles. The van der Waals surface area contributed by atoms with Gasteiger partial charge in [-0.15, -0.1) is 13.2 Å². The van der Waals surface area contributed by atoms with E-state index in [1.165, 1.54) is 16.7 Å². The summed E-state index contributed by atoms with van der Waals surface area (Å²) in [5.74, 6) is -1.02. The highest BCUT2D eigenvalue weighted by atomic mass is 16.4. The minimum Gasteiger partial charge on any atom is -0.478 e. The number of aromatic nitrogens is 2. The van der Waals surface area contributed by atoms with Crippen molar-refractivity contribution >= 4 is 17.0 Å². The van der Waals surface area contributed by atoms with Crippen LogP contribution in [0, 0.1) is 0 Å². The van der Waals surface area contributed by atoms with E-state index < -0.39 is 5.97 Å². The molecule has 2 aromatic rings. The summed E-state index contributed by atoms with van der Waals surface area (Å²) in [7, 11) is 0. The third-order valence-electron chi connectivity index (χ3n) is 2.89. The van der Waals surface area contributed by atoms with E-state index in [1.54, 1.807) is 22.8 Å². The minimum absolute atomic E-state index is 0.154. The van der Waals surface area contributed by atoms with Gasteiger partial charge in [0.05, 0.1) is 16.6 Å². The van der Waals surface area contributed by atoms with E-state index in [0.29, 0.717) is 24.1 Å². The lowest BCUT2D eigenvalue weighted by Gasteiger charge is -2.00. The summed E-state index contributed by atoms with van der Waals surface area (Å²) >= 11 is 0. The molecule has 1 N–H and O–H groups in total. The summed E-state index contributed by atoms with van der Waals surface area (Å²) in [5.41, 5.74) is 1.24. The first-order valence-electron chi connectivity index (χ1n) is 5.78. The van der Waals surface area contributed by atoms with E-state index in [0.717, 1.165) is 0 Å². The molecule has 0 atom stereocenters. The molecule has 0 amide bonds. The van der Waals surface area contributed by atoms with Crippen molar-refractivity contribution in [3.63, 3.8) is 0 Å². The number of allylic oxidation sites excluding steroid dienone is 2. The number of fused-ring (bicyclic) bond motifs is 1. The highest BCUT2D eigenvalue weighted by Gasteiger charge is 2.13. The van der Waals surface area contributed by atoms with Crippen molar-refractivity contribution < 1.29 is 9.90 Å². The number of nitrogens with zero attached hydrogens (tertiary/aromatic N) is 2. The zero-order valence-corrected chi connectivity index (χ0v) is 10.4. The van der Waals surface area contributed by atoms with Crippen molar-refractivity contribution in [2.24, 2.45) is 0 Å². The molecule has 0 bridgehead atoms. The number of carboxylic acid groups (broad SMARTS) is 1. The molecule has 0 aliphatic carbocycles. The number of hydrogen-bond acceptors (Lipinski definition) is 2. The fourth-order valence-electron chi connectivity index (χ4n) is 2.06. The zero-order chi connectivity index (χ0) is 14.0. The minimum atomic E-state index is -1.02. The van der Waals surface area contributed by atoms with Gasteiger partial charge < -0.3 is 5.11 Å². The van der Waals surface area contributed by atoms with Gasteiger partial charge in [-0.05, 0) is 18.2 Å². The lowest BCUT2D eigenvalue weighted by molar-refractivity contribution is 0.0697. The molecule has 19 heavy (non-hydrogen) atoms. The molecule has 0 aliphatic rings. The summed E-state index contributed by atoms with van der Waals surface area (Å²) in [6.45, 7) is 7.95. The Hall–Kier alpha value is -2.56. The molecule has 5 heteroatoms. The van der Waals surface area contributed by atoms with Crippen LogP contribution >= 0.6 is 0 Å². The van der Waals surface area contributed by atoms with Gasteiger partial charge in [0.1, 0.15) is 0 Å². The van der Waals surface area contributed by atoms with Crippen molar-refractivity contribution in [2.75, 3.05) is 0 Å². The largest absolute Gasteiger partial charge is 0.478 e. The van der Waals surface area contributed by atoms with E-state index in [2.05, 4.69) is 13.2 Å². The number of rotatable bonds is 5. The van der Waals surface area contributed by atoms with Crippen LogP contribution in [0.1, 0.15) is 10.4 Å². The second-order valence-electron chi connectivity index (χ2n) is 4.09. The molecule has 98 valence electrons. The van der Waals surface area contributed by atoms with Crippen molar-refractivity contribution in [1.29, 1.82) is 0 Å².